The molecule has 0 aromatic carbocycles. The van der Waals surface area contributed by atoms with Gasteiger partial charge in [-0.2, -0.15) is 0 Å². The maximum Gasteiger partial charge on any atom is 0.147 e. The zero-order valence-corrected chi connectivity index (χ0v) is 10.2. The largest absolute Gasteiger partial charge is 0.390 e. The minimum atomic E-state index is -2.99. The van der Waals surface area contributed by atoms with Crippen LogP contribution < -0.4 is 0 Å². The predicted octanol–water partition coefficient (Wildman–Crippen LogP) is 0.741. The summed E-state index contributed by atoms with van der Waals surface area (Å²) in [4.78, 5) is 0. The second-order valence-corrected chi connectivity index (χ2v) is 6.72. The Labute approximate surface area is 91.6 Å². The van der Waals surface area contributed by atoms with Gasteiger partial charge in [-0.05, 0) is 19.3 Å². The number of sulfone groups is 1. The van der Waals surface area contributed by atoms with Crippen LogP contribution in [0.4, 0.5) is 0 Å². The molecule has 1 heterocycles. The van der Waals surface area contributed by atoms with Crippen molar-refractivity contribution in [3.05, 3.63) is 0 Å². The molecule has 1 fully saturated rings. The fourth-order valence-electron chi connectivity index (χ4n) is 1.86. The van der Waals surface area contributed by atoms with E-state index in [0.29, 0.717) is 25.9 Å². The Balaban J connectivity index is 2.51. The fraction of sp³-hybridized carbons (Fsp3) is 1.00. The molecule has 1 saturated heterocycles. The van der Waals surface area contributed by atoms with Gasteiger partial charge in [0.1, 0.15) is 9.84 Å². The van der Waals surface area contributed by atoms with E-state index in [-0.39, 0.29) is 11.9 Å². The summed E-state index contributed by atoms with van der Waals surface area (Å²) >= 11 is 0. The number of ether oxygens (including phenoxy) is 1. The lowest BCUT2D eigenvalue weighted by Crippen LogP contribution is -2.41. The summed E-state index contributed by atoms with van der Waals surface area (Å²) < 4.78 is 27.5. The van der Waals surface area contributed by atoms with Crippen molar-refractivity contribution in [2.24, 2.45) is 0 Å². The van der Waals surface area contributed by atoms with Crippen LogP contribution in [0.25, 0.3) is 0 Å². The minimum absolute atomic E-state index is 0.0555. The van der Waals surface area contributed by atoms with Gasteiger partial charge in [0.25, 0.3) is 0 Å². The predicted molar refractivity (Wildman–Crippen MR) is 58.5 cm³/mol. The molecule has 0 radical (unpaired) electrons. The molecule has 90 valence electrons. The van der Waals surface area contributed by atoms with E-state index in [1.54, 1.807) is 0 Å². The Morgan fingerprint density at radius 3 is 2.73 bits per heavy atom. The monoisotopic (exact) mass is 236 g/mol. The molecule has 2 atom stereocenters. The van der Waals surface area contributed by atoms with Crippen LogP contribution in [0.15, 0.2) is 0 Å². The first kappa shape index (κ1) is 12.9. The molecule has 0 aromatic rings. The van der Waals surface area contributed by atoms with E-state index in [1.807, 2.05) is 6.92 Å². The van der Waals surface area contributed by atoms with Crippen molar-refractivity contribution in [3.8, 4) is 0 Å². The molecule has 1 aliphatic heterocycles. The summed E-state index contributed by atoms with van der Waals surface area (Å²) in [6.07, 6.45) is 3.56. The lowest BCUT2D eigenvalue weighted by Gasteiger charge is -2.36. The standard InChI is InChI=1S/C10H20O4S/c1-3-9-8-10(11,4-6-14-9)5-7-15(2,12)13/h9,11H,3-8H2,1-2H3. The van der Waals surface area contributed by atoms with Crippen LogP contribution in [0.3, 0.4) is 0 Å². The molecular weight excluding hydrogens is 216 g/mol. The molecule has 2 unspecified atom stereocenters. The van der Waals surface area contributed by atoms with Crippen molar-refractivity contribution < 1.29 is 18.3 Å². The lowest BCUT2D eigenvalue weighted by molar-refractivity contribution is -0.105. The lowest BCUT2D eigenvalue weighted by atomic mass is 9.87. The van der Waals surface area contributed by atoms with E-state index in [0.717, 1.165) is 6.42 Å². The van der Waals surface area contributed by atoms with Gasteiger partial charge in [0.2, 0.25) is 0 Å². The van der Waals surface area contributed by atoms with Gasteiger partial charge in [-0.3, -0.25) is 0 Å². The van der Waals surface area contributed by atoms with E-state index in [2.05, 4.69) is 0 Å². The molecule has 0 amide bonds. The second kappa shape index (κ2) is 4.80. The number of hydrogen-bond acceptors (Lipinski definition) is 4. The molecule has 0 aliphatic carbocycles. The van der Waals surface area contributed by atoms with E-state index in [9.17, 15) is 13.5 Å². The number of rotatable bonds is 4. The van der Waals surface area contributed by atoms with Crippen molar-refractivity contribution in [1.29, 1.82) is 0 Å². The summed E-state index contributed by atoms with van der Waals surface area (Å²) in [6.45, 7) is 2.53. The Bertz CT molecular complexity index is 299. The Morgan fingerprint density at radius 2 is 2.20 bits per heavy atom. The van der Waals surface area contributed by atoms with Crippen LogP contribution in [0.2, 0.25) is 0 Å². The molecule has 5 heteroatoms. The average molecular weight is 236 g/mol. The first-order chi connectivity index (χ1) is 6.85. The Kier molecular flexibility index (Phi) is 4.14. The van der Waals surface area contributed by atoms with Crippen molar-refractivity contribution in [3.63, 3.8) is 0 Å². The third-order valence-electron chi connectivity index (χ3n) is 2.92. The fourth-order valence-corrected chi connectivity index (χ4v) is 2.62. The van der Waals surface area contributed by atoms with Crippen LogP contribution in [0, 0.1) is 0 Å². The third kappa shape index (κ3) is 4.49. The van der Waals surface area contributed by atoms with Gasteiger partial charge in [-0.1, -0.05) is 6.92 Å². The highest BCUT2D eigenvalue weighted by atomic mass is 32.2. The van der Waals surface area contributed by atoms with Crippen molar-refractivity contribution in [1.82, 2.24) is 0 Å². The van der Waals surface area contributed by atoms with Gasteiger partial charge in [0.15, 0.2) is 0 Å². The normalized spacial score (nSPS) is 32.9. The second-order valence-electron chi connectivity index (χ2n) is 4.46. The number of aliphatic hydroxyl groups is 1. The first-order valence-electron chi connectivity index (χ1n) is 5.36. The molecule has 15 heavy (non-hydrogen) atoms. The van der Waals surface area contributed by atoms with Crippen LogP contribution >= 0.6 is 0 Å². The van der Waals surface area contributed by atoms with Crippen molar-refractivity contribution in [2.45, 2.75) is 44.3 Å². The molecule has 1 aliphatic rings. The van der Waals surface area contributed by atoms with Gasteiger partial charge in [0.05, 0.1) is 17.5 Å². The quantitative estimate of drug-likeness (QED) is 0.782. The summed E-state index contributed by atoms with van der Waals surface area (Å²) in [5, 5.41) is 10.2. The third-order valence-corrected chi connectivity index (χ3v) is 3.87. The van der Waals surface area contributed by atoms with Gasteiger partial charge in [-0.15, -0.1) is 0 Å². The highest BCUT2D eigenvalue weighted by molar-refractivity contribution is 7.90. The van der Waals surface area contributed by atoms with Crippen LogP contribution in [0.1, 0.15) is 32.6 Å². The smallest absolute Gasteiger partial charge is 0.147 e. The SMILES string of the molecule is CCC1CC(O)(CCS(C)(=O)=O)CCO1. The van der Waals surface area contributed by atoms with Crippen molar-refractivity contribution >= 4 is 9.84 Å². The van der Waals surface area contributed by atoms with E-state index >= 15 is 0 Å². The van der Waals surface area contributed by atoms with Crippen LogP contribution in [0.5, 0.6) is 0 Å². The minimum Gasteiger partial charge on any atom is -0.390 e. The molecule has 0 aromatic heterocycles. The summed E-state index contributed by atoms with van der Waals surface area (Å²) in [6, 6.07) is 0. The van der Waals surface area contributed by atoms with Crippen molar-refractivity contribution in [2.75, 3.05) is 18.6 Å². The molecule has 1 rings (SSSR count). The van der Waals surface area contributed by atoms with Gasteiger partial charge in [-0.25, -0.2) is 8.42 Å². The highest BCUT2D eigenvalue weighted by Gasteiger charge is 2.34. The molecule has 1 N–H and O–H groups in total. The zero-order valence-electron chi connectivity index (χ0n) is 9.40. The average Bonchev–Trinajstić information content (AvgIpc) is 2.14. The maximum absolute atomic E-state index is 11.0. The summed E-state index contributed by atoms with van der Waals surface area (Å²) in [5.74, 6) is 0.0555. The van der Waals surface area contributed by atoms with Crippen LogP contribution in [-0.4, -0.2) is 43.8 Å². The molecular formula is C10H20O4S. The van der Waals surface area contributed by atoms with E-state index < -0.39 is 15.4 Å². The molecule has 0 saturated carbocycles. The summed E-state index contributed by atoms with van der Waals surface area (Å²) in [7, 11) is -2.99. The maximum atomic E-state index is 11.0. The van der Waals surface area contributed by atoms with E-state index in [4.69, 9.17) is 4.74 Å². The van der Waals surface area contributed by atoms with Gasteiger partial charge < -0.3 is 9.84 Å². The molecule has 4 nitrogen and oxygen atoms in total. The Morgan fingerprint density at radius 1 is 1.53 bits per heavy atom. The van der Waals surface area contributed by atoms with Gasteiger partial charge >= 0.3 is 0 Å². The first-order valence-corrected chi connectivity index (χ1v) is 7.42. The number of hydrogen-bond donors (Lipinski definition) is 1. The van der Waals surface area contributed by atoms with E-state index in [1.165, 1.54) is 6.26 Å². The highest BCUT2D eigenvalue weighted by Crippen LogP contribution is 2.29. The molecule has 0 spiro atoms. The summed E-state index contributed by atoms with van der Waals surface area (Å²) in [5.41, 5.74) is -0.845. The topological polar surface area (TPSA) is 63.6 Å². The Hall–Kier alpha value is -0.130. The van der Waals surface area contributed by atoms with Crippen LogP contribution in [-0.2, 0) is 14.6 Å². The molecule has 0 bridgehead atoms. The van der Waals surface area contributed by atoms with Gasteiger partial charge in [0, 0.05) is 19.3 Å². The zero-order chi connectivity index (χ0) is 11.5.